The van der Waals surface area contributed by atoms with E-state index in [0.717, 1.165) is 44.0 Å². The van der Waals surface area contributed by atoms with E-state index in [-0.39, 0.29) is 0 Å². The Morgan fingerprint density at radius 1 is 0.833 bits per heavy atom. The number of thiazole rings is 1. The molecule has 0 saturated heterocycles. The Bertz CT molecular complexity index is 1360. The highest BCUT2D eigenvalue weighted by Crippen LogP contribution is 2.34. The van der Waals surface area contributed by atoms with Crippen molar-refractivity contribution in [1.82, 2.24) is 19.7 Å². The molecule has 4 nitrogen and oxygen atoms in total. The number of nitrogens with zero attached hydrogens (tertiary/aromatic N) is 4. The van der Waals surface area contributed by atoms with Crippen LogP contribution in [0.1, 0.15) is 17.0 Å². The maximum Gasteiger partial charge on any atom is 0.270 e. The number of para-hydroxylation sites is 1. The van der Waals surface area contributed by atoms with E-state index < -0.39 is 5.26 Å². The first-order chi connectivity index (χ1) is 14.5. The van der Waals surface area contributed by atoms with E-state index in [9.17, 15) is 4.39 Å². The number of hydrogen-bond acceptors (Lipinski definition) is 4. The van der Waals surface area contributed by atoms with Crippen molar-refractivity contribution in [1.29, 1.82) is 0 Å². The first-order valence-corrected chi connectivity index (χ1v) is 10.5. The van der Waals surface area contributed by atoms with E-state index in [2.05, 4.69) is 53.2 Å². The molecule has 0 N–H and O–H groups in total. The molecule has 30 heavy (non-hydrogen) atoms. The van der Waals surface area contributed by atoms with Crippen LogP contribution in [0.5, 0.6) is 0 Å². The summed E-state index contributed by atoms with van der Waals surface area (Å²) >= 11 is 1.04. The van der Waals surface area contributed by atoms with Crippen LogP contribution in [0.2, 0.25) is 0 Å². The fourth-order valence-electron chi connectivity index (χ4n) is 3.93. The molecule has 148 valence electrons. The van der Waals surface area contributed by atoms with Gasteiger partial charge in [0.2, 0.25) is 0 Å². The summed E-state index contributed by atoms with van der Waals surface area (Å²) in [7, 11) is 0. The van der Waals surface area contributed by atoms with Gasteiger partial charge >= 0.3 is 0 Å². The largest absolute Gasteiger partial charge is 0.270 e. The average molecular weight is 415 g/mol. The summed E-state index contributed by atoms with van der Waals surface area (Å²) in [6, 6.07) is 20.4. The van der Waals surface area contributed by atoms with Crippen LogP contribution in [0.4, 0.5) is 4.39 Å². The molecule has 0 aliphatic carbocycles. The van der Waals surface area contributed by atoms with Gasteiger partial charge in [0.15, 0.2) is 5.82 Å². The van der Waals surface area contributed by atoms with Gasteiger partial charge in [0.25, 0.3) is 5.26 Å². The van der Waals surface area contributed by atoms with Gasteiger partial charge in [-0.1, -0.05) is 47.7 Å². The third-order valence-corrected chi connectivity index (χ3v) is 5.97. The normalized spacial score (nSPS) is 11.3. The lowest BCUT2D eigenvalue weighted by molar-refractivity contribution is 0.620. The third kappa shape index (κ3) is 3.09. The van der Waals surface area contributed by atoms with Gasteiger partial charge in [-0.15, -0.1) is 0 Å². The fraction of sp³-hybridized carbons (Fsp3) is 0.125. The van der Waals surface area contributed by atoms with Gasteiger partial charge in [0, 0.05) is 5.56 Å². The maximum absolute atomic E-state index is 13.8. The lowest BCUT2D eigenvalue weighted by atomic mass is 9.99. The number of fused-ring (bicyclic) bond motifs is 1. The summed E-state index contributed by atoms with van der Waals surface area (Å²) < 4.78 is 16.5. The summed E-state index contributed by atoms with van der Waals surface area (Å²) in [6.07, 6.45) is 0. The van der Waals surface area contributed by atoms with E-state index >= 15 is 0 Å². The Labute approximate surface area is 177 Å². The van der Waals surface area contributed by atoms with E-state index in [1.165, 1.54) is 5.56 Å². The van der Waals surface area contributed by atoms with Crippen LogP contribution in [0.3, 0.4) is 0 Å². The molecule has 2 aromatic heterocycles. The Kier molecular flexibility index (Phi) is 4.44. The number of hydrogen-bond donors (Lipinski definition) is 0. The summed E-state index contributed by atoms with van der Waals surface area (Å²) in [5.74, 6) is 1.32. The van der Waals surface area contributed by atoms with E-state index in [1.54, 1.807) is 0 Å². The minimum absolute atomic E-state index is 0.445. The zero-order chi connectivity index (χ0) is 20.8. The van der Waals surface area contributed by atoms with Crippen molar-refractivity contribution in [3.8, 4) is 28.2 Å². The van der Waals surface area contributed by atoms with Crippen LogP contribution in [0, 0.1) is 26.0 Å². The average Bonchev–Trinajstić information content (AvgIpc) is 3.29. The van der Waals surface area contributed by atoms with E-state index in [1.807, 2.05) is 48.0 Å². The molecule has 2 heterocycles. The molecule has 0 spiro atoms. The van der Waals surface area contributed by atoms with Crippen molar-refractivity contribution in [2.75, 3.05) is 0 Å². The molecule has 5 aromatic rings. The van der Waals surface area contributed by atoms with Crippen LogP contribution in [-0.4, -0.2) is 19.7 Å². The Morgan fingerprint density at radius 3 is 2.30 bits per heavy atom. The first-order valence-electron chi connectivity index (χ1n) is 9.67. The SMILES string of the molecule is Cc1nc(-c2cccc3sc(F)nc23)n(-c2c(C)cc(-c3ccccc3)cc2C)n1. The molecule has 0 aliphatic rings. The van der Waals surface area contributed by atoms with Crippen molar-refractivity contribution in [3.63, 3.8) is 0 Å². The first kappa shape index (κ1) is 18.6. The fourth-order valence-corrected chi connectivity index (χ4v) is 4.65. The number of aryl methyl sites for hydroxylation is 3. The molecular weight excluding hydrogens is 395 g/mol. The number of rotatable bonds is 3. The minimum Gasteiger partial charge on any atom is -0.212 e. The standard InChI is InChI=1S/C24H19FN4S/c1-14-12-18(17-8-5-4-6-9-17)13-15(2)22(14)29-23(26-16(3)28-29)19-10-7-11-20-21(19)27-24(25)30-20/h4-13H,1-3H3. The van der Waals surface area contributed by atoms with Crippen molar-refractivity contribution < 1.29 is 4.39 Å². The molecule has 0 bridgehead atoms. The van der Waals surface area contributed by atoms with Gasteiger partial charge in [-0.05, 0) is 67.3 Å². The summed E-state index contributed by atoms with van der Waals surface area (Å²) in [5.41, 5.74) is 6.90. The van der Waals surface area contributed by atoms with Crippen LogP contribution in [-0.2, 0) is 0 Å². The second kappa shape index (κ2) is 7.15. The Morgan fingerprint density at radius 2 is 1.57 bits per heavy atom. The van der Waals surface area contributed by atoms with Gasteiger partial charge in [-0.3, -0.25) is 0 Å². The monoisotopic (exact) mass is 414 g/mol. The van der Waals surface area contributed by atoms with Crippen molar-refractivity contribution in [2.45, 2.75) is 20.8 Å². The predicted octanol–water partition coefficient (Wildman–Crippen LogP) is 6.28. The van der Waals surface area contributed by atoms with Crippen LogP contribution in [0.25, 0.3) is 38.4 Å². The summed E-state index contributed by atoms with van der Waals surface area (Å²) in [5, 5.41) is 4.24. The van der Waals surface area contributed by atoms with Gasteiger partial charge in [-0.2, -0.15) is 9.49 Å². The highest BCUT2D eigenvalue weighted by atomic mass is 32.1. The predicted molar refractivity (Wildman–Crippen MR) is 120 cm³/mol. The molecule has 0 saturated carbocycles. The smallest absolute Gasteiger partial charge is 0.212 e. The molecule has 0 amide bonds. The lowest BCUT2D eigenvalue weighted by Crippen LogP contribution is -2.05. The second-order valence-electron chi connectivity index (χ2n) is 7.34. The van der Waals surface area contributed by atoms with Gasteiger partial charge in [-0.25, -0.2) is 14.6 Å². The van der Waals surface area contributed by atoms with Crippen LogP contribution < -0.4 is 0 Å². The zero-order valence-corrected chi connectivity index (χ0v) is 17.7. The second-order valence-corrected chi connectivity index (χ2v) is 8.32. The summed E-state index contributed by atoms with van der Waals surface area (Å²) in [4.78, 5) is 8.78. The highest BCUT2D eigenvalue weighted by Gasteiger charge is 2.19. The molecule has 0 aliphatic heterocycles. The lowest BCUT2D eigenvalue weighted by Gasteiger charge is -2.15. The third-order valence-electron chi connectivity index (χ3n) is 5.16. The summed E-state index contributed by atoms with van der Waals surface area (Å²) in [6.45, 7) is 6.03. The van der Waals surface area contributed by atoms with Gasteiger partial charge in [0.05, 0.1) is 15.9 Å². The molecule has 5 rings (SSSR count). The van der Waals surface area contributed by atoms with Crippen molar-refractivity contribution in [3.05, 3.63) is 82.9 Å². The molecule has 0 unspecified atom stereocenters. The topological polar surface area (TPSA) is 43.6 Å². The maximum atomic E-state index is 13.8. The Hall–Kier alpha value is -3.38. The molecular formula is C24H19FN4S. The minimum atomic E-state index is -0.445. The number of halogens is 1. The molecule has 6 heteroatoms. The van der Waals surface area contributed by atoms with Crippen LogP contribution in [0.15, 0.2) is 60.7 Å². The molecule has 0 fully saturated rings. The molecule has 0 atom stereocenters. The zero-order valence-electron chi connectivity index (χ0n) is 16.8. The van der Waals surface area contributed by atoms with Gasteiger partial charge in [0.1, 0.15) is 5.82 Å². The molecule has 0 radical (unpaired) electrons. The Balaban J connectivity index is 1.71. The molecule has 3 aromatic carbocycles. The van der Waals surface area contributed by atoms with E-state index in [0.29, 0.717) is 17.2 Å². The van der Waals surface area contributed by atoms with Crippen molar-refractivity contribution in [2.24, 2.45) is 0 Å². The van der Waals surface area contributed by atoms with Crippen LogP contribution >= 0.6 is 11.3 Å². The van der Waals surface area contributed by atoms with Gasteiger partial charge < -0.3 is 0 Å². The number of benzene rings is 3. The van der Waals surface area contributed by atoms with Crippen molar-refractivity contribution >= 4 is 21.6 Å². The highest BCUT2D eigenvalue weighted by molar-refractivity contribution is 7.17. The van der Waals surface area contributed by atoms with E-state index in [4.69, 9.17) is 0 Å². The number of aromatic nitrogens is 4. The quantitative estimate of drug-likeness (QED) is 0.349.